The van der Waals surface area contributed by atoms with Crippen LogP contribution < -0.4 is 10.6 Å². The first-order chi connectivity index (χ1) is 8.66. The molecule has 0 radical (unpaired) electrons. The van der Waals surface area contributed by atoms with Gasteiger partial charge in [-0.25, -0.2) is 0 Å². The quantitative estimate of drug-likeness (QED) is 0.897. The zero-order valence-corrected chi connectivity index (χ0v) is 12.2. The highest BCUT2D eigenvalue weighted by molar-refractivity contribution is 9.10. The van der Waals surface area contributed by atoms with Crippen LogP contribution in [-0.4, -0.2) is 25.0 Å². The Labute approximate surface area is 116 Å². The standard InChI is InChI=1S/C14H19BrN2O/c1-10-4-5-12(13(15)9-10)14(18)17-8-6-11-3-2-7-16-11/h4-5,9,11,16H,2-3,6-8H2,1H3,(H,17,18)/t11-/m1/s1. The maximum Gasteiger partial charge on any atom is 0.252 e. The molecule has 0 unspecified atom stereocenters. The van der Waals surface area contributed by atoms with E-state index in [2.05, 4.69) is 26.6 Å². The minimum atomic E-state index is -0.000119. The normalized spacial score (nSPS) is 18.9. The monoisotopic (exact) mass is 310 g/mol. The molecule has 98 valence electrons. The van der Waals surface area contributed by atoms with Crippen LogP contribution in [0.4, 0.5) is 0 Å². The van der Waals surface area contributed by atoms with Crippen LogP contribution in [0.5, 0.6) is 0 Å². The second-order valence-corrected chi connectivity index (χ2v) is 5.68. The second-order valence-electron chi connectivity index (χ2n) is 4.82. The number of hydrogen-bond donors (Lipinski definition) is 2. The van der Waals surface area contributed by atoms with Gasteiger partial charge in [0, 0.05) is 17.1 Å². The van der Waals surface area contributed by atoms with Crippen molar-refractivity contribution in [3.05, 3.63) is 33.8 Å². The molecule has 4 heteroatoms. The molecule has 0 bridgehead atoms. The summed E-state index contributed by atoms with van der Waals surface area (Å²) in [7, 11) is 0. The molecular formula is C14H19BrN2O. The molecule has 1 aliphatic rings. The number of rotatable bonds is 4. The van der Waals surface area contributed by atoms with Crippen molar-refractivity contribution in [3.8, 4) is 0 Å². The van der Waals surface area contributed by atoms with Crippen molar-refractivity contribution in [1.29, 1.82) is 0 Å². The summed E-state index contributed by atoms with van der Waals surface area (Å²) in [5.41, 5.74) is 1.86. The Morgan fingerprint density at radius 2 is 2.39 bits per heavy atom. The highest BCUT2D eigenvalue weighted by atomic mass is 79.9. The summed E-state index contributed by atoms with van der Waals surface area (Å²) in [5.74, 6) is -0.000119. The highest BCUT2D eigenvalue weighted by Gasteiger charge is 2.14. The molecule has 1 aromatic rings. The van der Waals surface area contributed by atoms with Crippen molar-refractivity contribution in [1.82, 2.24) is 10.6 Å². The summed E-state index contributed by atoms with van der Waals surface area (Å²) in [6, 6.07) is 6.36. The minimum Gasteiger partial charge on any atom is -0.352 e. The van der Waals surface area contributed by atoms with E-state index < -0.39 is 0 Å². The van der Waals surface area contributed by atoms with Crippen molar-refractivity contribution in [3.63, 3.8) is 0 Å². The summed E-state index contributed by atoms with van der Waals surface area (Å²) in [5, 5.41) is 6.41. The number of hydrogen-bond acceptors (Lipinski definition) is 2. The molecule has 0 aliphatic carbocycles. The minimum absolute atomic E-state index is 0.000119. The number of carbonyl (C=O) groups is 1. The summed E-state index contributed by atoms with van der Waals surface area (Å²) in [4.78, 5) is 12.0. The third-order valence-corrected chi connectivity index (χ3v) is 3.97. The number of carbonyl (C=O) groups excluding carboxylic acids is 1. The first-order valence-electron chi connectivity index (χ1n) is 6.44. The number of halogens is 1. The lowest BCUT2D eigenvalue weighted by Crippen LogP contribution is -2.30. The van der Waals surface area contributed by atoms with Gasteiger partial charge in [0.25, 0.3) is 5.91 Å². The van der Waals surface area contributed by atoms with E-state index in [1.165, 1.54) is 12.8 Å². The van der Waals surface area contributed by atoms with Crippen LogP contribution >= 0.6 is 15.9 Å². The van der Waals surface area contributed by atoms with Crippen LogP contribution in [0.3, 0.4) is 0 Å². The maximum absolute atomic E-state index is 12.0. The Kier molecular flexibility index (Phi) is 4.78. The molecule has 18 heavy (non-hydrogen) atoms. The van der Waals surface area contributed by atoms with E-state index in [4.69, 9.17) is 0 Å². The number of amides is 1. The van der Waals surface area contributed by atoms with Crippen molar-refractivity contribution in [2.24, 2.45) is 0 Å². The van der Waals surface area contributed by atoms with E-state index in [0.29, 0.717) is 11.6 Å². The van der Waals surface area contributed by atoms with E-state index >= 15 is 0 Å². The number of aryl methyl sites for hydroxylation is 1. The Hall–Kier alpha value is -0.870. The molecule has 0 aromatic heterocycles. The van der Waals surface area contributed by atoms with E-state index in [1.54, 1.807) is 0 Å². The van der Waals surface area contributed by atoms with E-state index in [9.17, 15) is 4.79 Å². The largest absolute Gasteiger partial charge is 0.352 e. The molecule has 1 fully saturated rings. The first kappa shape index (κ1) is 13.6. The average molecular weight is 311 g/mol. The molecule has 1 aromatic carbocycles. The molecule has 1 heterocycles. The Balaban J connectivity index is 1.83. The number of benzene rings is 1. The molecule has 1 amide bonds. The molecule has 1 atom stereocenters. The van der Waals surface area contributed by atoms with Crippen molar-refractivity contribution in [2.45, 2.75) is 32.2 Å². The number of nitrogens with one attached hydrogen (secondary N) is 2. The maximum atomic E-state index is 12.0. The van der Waals surface area contributed by atoms with Crippen LogP contribution in [0, 0.1) is 6.92 Å². The third-order valence-electron chi connectivity index (χ3n) is 3.31. The molecule has 0 spiro atoms. The lowest BCUT2D eigenvalue weighted by Gasteiger charge is -2.11. The van der Waals surface area contributed by atoms with Gasteiger partial charge >= 0.3 is 0 Å². The fourth-order valence-electron chi connectivity index (χ4n) is 2.26. The van der Waals surface area contributed by atoms with Gasteiger partial charge in [-0.3, -0.25) is 4.79 Å². The molecular weight excluding hydrogens is 292 g/mol. The van der Waals surface area contributed by atoms with Crippen molar-refractivity contribution >= 4 is 21.8 Å². The van der Waals surface area contributed by atoms with E-state index in [0.717, 1.165) is 29.5 Å². The smallest absolute Gasteiger partial charge is 0.252 e. The Morgan fingerprint density at radius 3 is 3.06 bits per heavy atom. The second kappa shape index (κ2) is 6.34. The topological polar surface area (TPSA) is 41.1 Å². The van der Waals surface area contributed by atoms with Crippen LogP contribution in [0.25, 0.3) is 0 Å². The van der Waals surface area contributed by atoms with Crippen LogP contribution in [-0.2, 0) is 0 Å². The Bertz CT molecular complexity index is 428. The van der Waals surface area contributed by atoms with Crippen molar-refractivity contribution in [2.75, 3.05) is 13.1 Å². The average Bonchev–Trinajstić information content (AvgIpc) is 2.81. The molecule has 2 N–H and O–H groups in total. The fourth-order valence-corrected chi connectivity index (χ4v) is 2.94. The molecule has 1 saturated heterocycles. The van der Waals surface area contributed by atoms with Crippen LogP contribution in [0.15, 0.2) is 22.7 Å². The molecule has 1 aliphatic heterocycles. The zero-order chi connectivity index (χ0) is 13.0. The Morgan fingerprint density at radius 1 is 1.56 bits per heavy atom. The van der Waals surface area contributed by atoms with Crippen LogP contribution in [0.2, 0.25) is 0 Å². The molecule has 2 rings (SSSR count). The van der Waals surface area contributed by atoms with Gasteiger partial charge in [-0.05, 0) is 66.4 Å². The van der Waals surface area contributed by atoms with Gasteiger partial charge in [0.1, 0.15) is 0 Å². The lowest BCUT2D eigenvalue weighted by atomic mass is 10.1. The summed E-state index contributed by atoms with van der Waals surface area (Å²) in [6.07, 6.45) is 3.49. The summed E-state index contributed by atoms with van der Waals surface area (Å²) in [6.45, 7) is 3.86. The van der Waals surface area contributed by atoms with Gasteiger partial charge in [0.05, 0.1) is 5.56 Å². The first-order valence-corrected chi connectivity index (χ1v) is 7.24. The third kappa shape index (κ3) is 3.56. The lowest BCUT2D eigenvalue weighted by molar-refractivity contribution is 0.0951. The van der Waals surface area contributed by atoms with Gasteiger partial charge in [-0.1, -0.05) is 6.07 Å². The van der Waals surface area contributed by atoms with Gasteiger partial charge < -0.3 is 10.6 Å². The summed E-state index contributed by atoms with van der Waals surface area (Å²) < 4.78 is 0.860. The van der Waals surface area contributed by atoms with Gasteiger partial charge in [-0.15, -0.1) is 0 Å². The predicted octanol–water partition coefficient (Wildman–Crippen LogP) is 2.63. The molecule has 3 nitrogen and oxygen atoms in total. The predicted molar refractivity (Wildman–Crippen MR) is 76.9 cm³/mol. The van der Waals surface area contributed by atoms with E-state index in [1.807, 2.05) is 25.1 Å². The highest BCUT2D eigenvalue weighted by Crippen LogP contribution is 2.18. The van der Waals surface area contributed by atoms with Gasteiger partial charge in [0.2, 0.25) is 0 Å². The van der Waals surface area contributed by atoms with Crippen molar-refractivity contribution < 1.29 is 4.79 Å². The zero-order valence-electron chi connectivity index (χ0n) is 10.6. The summed E-state index contributed by atoms with van der Waals surface area (Å²) >= 11 is 3.43. The van der Waals surface area contributed by atoms with Gasteiger partial charge in [-0.2, -0.15) is 0 Å². The van der Waals surface area contributed by atoms with Crippen LogP contribution in [0.1, 0.15) is 35.2 Å². The van der Waals surface area contributed by atoms with Gasteiger partial charge in [0.15, 0.2) is 0 Å². The SMILES string of the molecule is Cc1ccc(C(=O)NCC[C@H]2CCCN2)c(Br)c1. The molecule has 0 saturated carbocycles. The fraction of sp³-hybridized carbons (Fsp3) is 0.500. The van der Waals surface area contributed by atoms with E-state index in [-0.39, 0.29) is 5.91 Å².